The van der Waals surface area contributed by atoms with Crippen LogP contribution < -0.4 is 10.5 Å². The number of hydrogen-bond donors (Lipinski definition) is 1. The van der Waals surface area contributed by atoms with Crippen LogP contribution in [0, 0.1) is 18.6 Å². The monoisotopic (exact) mass is 289 g/mol. The molecule has 4 nitrogen and oxygen atoms in total. The molecule has 2 N–H and O–H groups in total. The van der Waals surface area contributed by atoms with Gasteiger partial charge in [0, 0.05) is 17.8 Å². The number of ether oxygens (including phenoxy) is 1. The SMILES string of the molecule is COc1ccc(-n2c(N)nc3c(F)cc(F)cc32)cc1C. The third kappa shape index (κ3) is 2.08. The smallest absolute Gasteiger partial charge is 0.206 e. The zero-order chi connectivity index (χ0) is 15.1. The van der Waals surface area contributed by atoms with Crippen LogP contribution in [-0.4, -0.2) is 16.7 Å². The van der Waals surface area contributed by atoms with E-state index in [0.717, 1.165) is 17.4 Å². The first-order valence-corrected chi connectivity index (χ1v) is 6.29. The number of halogens is 2. The molecule has 3 rings (SSSR count). The van der Waals surface area contributed by atoms with E-state index in [2.05, 4.69) is 4.98 Å². The van der Waals surface area contributed by atoms with Crippen LogP contribution in [0.15, 0.2) is 30.3 Å². The Balaban J connectivity index is 2.29. The highest BCUT2D eigenvalue weighted by molar-refractivity contribution is 5.81. The summed E-state index contributed by atoms with van der Waals surface area (Å²) in [6.07, 6.45) is 0. The number of hydrogen-bond acceptors (Lipinski definition) is 3. The molecule has 0 atom stereocenters. The van der Waals surface area contributed by atoms with Crippen LogP contribution in [0.5, 0.6) is 5.75 Å². The summed E-state index contributed by atoms with van der Waals surface area (Å²) in [5.41, 5.74) is 7.73. The van der Waals surface area contributed by atoms with Gasteiger partial charge in [0.15, 0.2) is 5.82 Å². The Morgan fingerprint density at radius 2 is 1.95 bits per heavy atom. The second-order valence-electron chi connectivity index (χ2n) is 4.71. The van der Waals surface area contributed by atoms with Gasteiger partial charge < -0.3 is 10.5 Å². The van der Waals surface area contributed by atoms with Gasteiger partial charge in [-0.05, 0) is 30.7 Å². The predicted molar refractivity (Wildman–Crippen MR) is 76.7 cm³/mol. The van der Waals surface area contributed by atoms with Crippen molar-refractivity contribution in [1.29, 1.82) is 0 Å². The van der Waals surface area contributed by atoms with Gasteiger partial charge in [0.25, 0.3) is 0 Å². The molecule has 0 aliphatic carbocycles. The molecular formula is C15H13F2N3O. The number of fused-ring (bicyclic) bond motifs is 1. The molecular weight excluding hydrogens is 276 g/mol. The number of nitrogen functional groups attached to an aromatic ring is 1. The number of aryl methyl sites for hydroxylation is 1. The quantitative estimate of drug-likeness (QED) is 0.788. The second-order valence-corrected chi connectivity index (χ2v) is 4.71. The molecule has 0 spiro atoms. The molecule has 0 bridgehead atoms. The van der Waals surface area contributed by atoms with Crippen molar-refractivity contribution in [3.8, 4) is 11.4 Å². The minimum Gasteiger partial charge on any atom is -0.496 e. The van der Waals surface area contributed by atoms with Gasteiger partial charge >= 0.3 is 0 Å². The number of nitrogens with two attached hydrogens (primary N) is 1. The molecule has 0 aliphatic rings. The Bertz CT molecular complexity index is 843. The van der Waals surface area contributed by atoms with Crippen LogP contribution in [0.4, 0.5) is 14.7 Å². The Kier molecular flexibility index (Phi) is 3.01. The molecule has 2 aromatic carbocycles. The van der Waals surface area contributed by atoms with Crippen LogP contribution in [-0.2, 0) is 0 Å². The Hall–Kier alpha value is -2.63. The van der Waals surface area contributed by atoms with Crippen molar-refractivity contribution in [3.63, 3.8) is 0 Å². The van der Waals surface area contributed by atoms with Crippen molar-refractivity contribution in [2.75, 3.05) is 12.8 Å². The van der Waals surface area contributed by atoms with Gasteiger partial charge in [0.1, 0.15) is 17.1 Å². The normalized spacial score (nSPS) is 11.0. The Labute approximate surface area is 119 Å². The maximum absolute atomic E-state index is 13.8. The van der Waals surface area contributed by atoms with E-state index in [4.69, 9.17) is 10.5 Å². The van der Waals surface area contributed by atoms with Gasteiger partial charge in [-0.3, -0.25) is 4.57 Å². The fraction of sp³-hybridized carbons (Fsp3) is 0.133. The summed E-state index contributed by atoms with van der Waals surface area (Å²) in [4.78, 5) is 3.97. The molecule has 3 aromatic rings. The maximum Gasteiger partial charge on any atom is 0.206 e. The minimum absolute atomic E-state index is 0.0439. The molecule has 1 aromatic heterocycles. The van der Waals surface area contributed by atoms with E-state index >= 15 is 0 Å². The zero-order valence-electron chi connectivity index (χ0n) is 11.5. The molecule has 21 heavy (non-hydrogen) atoms. The summed E-state index contributed by atoms with van der Waals surface area (Å²) in [6.45, 7) is 1.87. The molecule has 1 heterocycles. The zero-order valence-corrected chi connectivity index (χ0v) is 11.5. The molecule has 0 unspecified atom stereocenters. The van der Waals surface area contributed by atoms with Crippen molar-refractivity contribution in [2.45, 2.75) is 6.92 Å². The molecule has 0 aliphatic heterocycles. The van der Waals surface area contributed by atoms with Crippen LogP contribution in [0.2, 0.25) is 0 Å². The molecule has 0 saturated carbocycles. The molecule has 0 radical (unpaired) electrons. The van der Waals surface area contributed by atoms with E-state index < -0.39 is 11.6 Å². The summed E-state index contributed by atoms with van der Waals surface area (Å²) in [5, 5.41) is 0. The van der Waals surface area contributed by atoms with Gasteiger partial charge in [0.2, 0.25) is 5.95 Å². The van der Waals surface area contributed by atoms with Crippen LogP contribution in [0.3, 0.4) is 0 Å². The Morgan fingerprint density at radius 1 is 1.19 bits per heavy atom. The molecule has 0 saturated heterocycles. The maximum atomic E-state index is 13.8. The van der Waals surface area contributed by atoms with Gasteiger partial charge in [-0.1, -0.05) is 0 Å². The van der Waals surface area contributed by atoms with E-state index in [1.807, 2.05) is 13.0 Å². The fourth-order valence-electron chi connectivity index (χ4n) is 2.39. The van der Waals surface area contributed by atoms with Gasteiger partial charge in [-0.2, -0.15) is 0 Å². The number of benzene rings is 2. The third-order valence-electron chi connectivity index (χ3n) is 3.34. The topological polar surface area (TPSA) is 53.1 Å². The number of aromatic nitrogens is 2. The van der Waals surface area contributed by atoms with Crippen molar-refractivity contribution < 1.29 is 13.5 Å². The lowest BCUT2D eigenvalue weighted by Gasteiger charge is -2.10. The van der Waals surface area contributed by atoms with Gasteiger partial charge in [-0.25, -0.2) is 13.8 Å². The first-order valence-electron chi connectivity index (χ1n) is 6.29. The highest BCUT2D eigenvalue weighted by atomic mass is 19.1. The number of imidazole rings is 1. The first-order chi connectivity index (χ1) is 10.0. The van der Waals surface area contributed by atoms with Crippen LogP contribution in [0.1, 0.15) is 5.56 Å². The summed E-state index contributed by atoms with van der Waals surface area (Å²) >= 11 is 0. The summed E-state index contributed by atoms with van der Waals surface area (Å²) in [5.74, 6) is -0.592. The van der Waals surface area contributed by atoms with E-state index in [1.165, 1.54) is 10.6 Å². The molecule has 0 fully saturated rings. The highest BCUT2D eigenvalue weighted by Gasteiger charge is 2.15. The average Bonchev–Trinajstić information content (AvgIpc) is 2.75. The first kappa shape index (κ1) is 13.4. The number of anilines is 1. The third-order valence-corrected chi connectivity index (χ3v) is 3.34. The average molecular weight is 289 g/mol. The lowest BCUT2D eigenvalue weighted by atomic mass is 10.2. The molecule has 108 valence electrons. The van der Waals surface area contributed by atoms with Crippen LogP contribution >= 0.6 is 0 Å². The van der Waals surface area contributed by atoms with Crippen molar-refractivity contribution >= 4 is 17.0 Å². The molecule has 0 amide bonds. The number of methoxy groups -OCH3 is 1. The predicted octanol–water partition coefficient (Wildman–Crippen LogP) is 3.20. The van der Waals surface area contributed by atoms with Gasteiger partial charge in [-0.15, -0.1) is 0 Å². The lowest BCUT2D eigenvalue weighted by Crippen LogP contribution is -2.01. The fourth-order valence-corrected chi connectivity index (χ4v) is 2.39. The van der Waals surface area contributed by atoms with Crippen molar-refractivity contribution in [1.82, 2.24) is 9.55 Å². The van der Waals surface area contributed by atoms with Crippen molar-refractivity contribution in [2.24, 2.45) is 0 Å². The lowest BCUT2D eigenvalue weighted by molar-refractivity contribution is 0.411. The summed E-state index contributed by atoms with van der Waals surface area (Å²) < 4.78 is 33.9. The van der Waals surface area contributed by atoms with E-state index in [-0.39, 0.29) is 17.0 Å². The van der Waals surface area contributed by atoms with E-state index in [1.54, 1.807) is 19.2 Å². The largest absolute Gasteiger partial charge is 0.496 e. The highest BCUT2D eigenvalue weighted by Crippen LogP contribution is 2.28. The van der Waals surface area contributed by atoms with Crippen LogP contribution in [0.25, 0.3) is 16.7 Å². The number of nitrogens with zero attached hydrogens (tertiary/aromatic N) is 2. The standard InChI is InChI=1S/C15H13F2N3O/c1-8-5-10(3-4-13(8)21-2)20-12-7-9(16)6-11(17)14(12)19-15(20)18/h3-7H,1-2H3,(H2,18,19). The molecule has 6 heteroatoms. The van der Waals surface area contributed by atoms with Gasteiger partial charge in [0.05, 0.1) is 12.6 Å². The van der Waals surface area contributed by atoms with E-state index in [0.29, 0.717) is 5.69 Å². The summed E-state index contributed by atoms with van der Waals surface area (Å²) in [6, 6.07) is 7.34. The van der Waals surface area contributed by atoms with E-state index in [9.17, 15) is 8.78 Å². The Morgan fingerprint density at radius 3 is 2.62 bits per heavy atom. The summed E-state index contributed by atoms with van der Waals surface area (Å²) in [7, 11) is 1.58. The second kappa shape index (κ2) is 4.73. The minimum atomic E-state index is -0.735. The number of rotatable bonds is 2. The van der Waals surface area contributed by atoms with Crippen molar-refractivity contribution in [3.05, 3.63) is 47.5 Å².